The highest BCUT2D eigenvalue weighted by Gasteiger charge is 2.30. The molecule has 126 valence electrons. The average molecular weight is 351 g/mol. The zero-order valence-corrected chi connectivity index (χ0v) is 14.7. The fourth-order valence-corrected chi connectivity index (χ4v) is 3.37. The summed E-state index contributed by atoms with van der Waals surface area (Å²) in [6, 6.07) is 14.2. The van der Waals surface area contributed by atoms with Gasteiger partial charge in [0.05, 0.1) is 21.9 Å². The van der Waals surface area contributed by atoms with Crippen LogP contribution in [0.25, 0.3) is 6.08 Å². The molecule has 0 atom stereocenters. The number of aromatic hydroxyl groups is 1. The highest BCUT2D eigenvalue weighted by atomic mass is 32.2. The van der Waals surface area contributed by atoms with Crippen LogP contribution in [0.4, 0.5) is 5.69 Å². The molecule has 2 N–H and O–H groups in total. The zero-order valence-electron chi connectivity index (χ0n) is 13.9. The van der Waals surface area contributed by atoms with Gasteiger partial charge in [0, 0.05) is 0 Å². The molecule has 0 fully saturated rings. The maximum Gasteiger partial charge on any atom is 0.229 e. The van der Waals surface area contributed by atoms with E-state index in [1.54, 1.807) is 37.3 Å². The van der Waals surface area contributed by atoms with E-state index in [1.165, 1.54) is 0 Å². The van der Waals surface area contributed by atoms with E-state index in [1.807, 2.05) is 31.2 Å². The lowest BCUT2D eigenvalue weighted by atomic mass is 10.1. The Hall–Kier alpha value is -2.79. The molecule has 0 saturated heterocycles. The summed E-state index contributed by atoms with van der Waals surface area (Å²) in [4.78, 5) is 17.2. The largest absolute Gasteiger partial charge is 0.508 e. The smallest absolute Gasteiger partial charge is 0.229 e. The number of phenols is 1. The van der Waals surface area contributed by atoms with Gasteiger partial charge in [-0.05, 0) is 61.5 Å². The highest BCUT2D eigenvalue weighted by molar-refractivity contribution is 8.18. The van der Waals surface area contributed by atoms with E-state index in [-0.39, 0.29) is 22.2 Å². The minimum Gasteiger partial charge on any atom is -0.508 e. The lowest BCUT2D eigenvalue weighted by Crippen LogP contribution is -2.04. The Morgan fingerprint density at radius 3 is 2.32 bits per heavy atom. The van der Waals surface area contributed by atoms with Crippen molar-refractivity contribution in [3.63, 3.8) is 0 Å². The molecule has 2 aromatic carbocycles. The molecule has 1 aliphatic rings. The van der Waals surface area contributed by atoms with Gasteiger partial charge in [0.1, 0.15) is 11.5 Å². The number of aliphatic imine (C=N–C) groups is 1. The summed E-state index contributed by atoms with van der Waals surface area (Å²) in [6.45, 7) is 3.71. The van der Waals surface area contributed by atoms with Gasteiger partial charge in [-0.1, -0.05) is 29.8 Å². The predicted octanol–water partition coefficient (Wildman–Crippen LogP) is 4.92. The third kappa shape index (κ3) is 3.83. The molecule has 0 unspecified atom stereocenters. The fraction of sp³-hybridized carbons (Fsp3) is 0.100. The SMILES string of the molecule is CC(=Nc1ccc(C)cc1)C1=C(O)/C(=C\c2ccc(O)cc2)SC1=O. The van der Waals surface area contributed by atoms with Crippen LogP contribution in [0.15, 0.2) is 69.8 Å². The molecule has 0 saturated carbocycles. The standard InChI is InChI=1S/C20H17NO3S/c1-12-3-7-15(8-4-12)21-13(2)18-19(23)17(25-20(18)24)11-14-5-9-16(22)10-6-14/h3-11,22-23H,1-2H3/b17-11+,21-13?. The van der Waals surface area contributed by atoms with Crippen molar-refractivity contribution in [3.05, 3.63) is 75.9 Å². The Balaban J connectivity index is 1.94. The number of benzene rings is 2. The third-order valence-electron chi connectivity index (χ3n) is 3.76. The number of aliphatic hydroxyl groups excluding tert-OH is 1. The van der Waals surface area contributed by atoms with Crippen molar-refractivity contribution in [1.82, 2.24) is 0 Å². The van der Waals surface area contributed by atoms with E-state index in [9.17, 15) is 15.0 Å². The second kappa shape index (κ2) is 6.99. The number of nitrogens with zero attached hydrogens (tertiary/aromatic N) is 1. The molecule has 1 heterocycles. The summed E-state index contributed by atoms with van der Waals surface area (Å²) in [5.41, 5.74) is 3.36. The van der Waals surface area contributed by atoms with E-state index >= 15 is 0 Å². The Kier molecular flexibility index (Phi) is 4.76. The van der Waals surface area contributed by atoms with Crippen LogP contribution in [-0.2, 0) is 4.79 Å². The van der Waals surface area contributed by atoms with Crippen molar-refractivity contribution in [2.45, 2.75) is 13.8 Å². The number of hydrogen-bond acceptors (Lipinski definition) is 5. The summed E-state index contributed by atoms with van der Waals surface area (Å²) < 4.78 is 0. The van der Waals surface area contributed by atoms with Gasteiger partial charge >= 0.3 is 0 Å². The van der Waals surface area contributed by atoms with Crippen molar-refractivity contribution >= 4 is 34.4 Å². The number of aliphatic hydroxyl groups is 1. The summed E-state index contributed by atoms with van der Waals surface area (Å²) >= 11 is 0.977. The van der Waals surface area contributed by atoms with Crippen molar-refractivity contribution in [2.75, 3.05) is 0 Å². The van der Waals surface area contributed by atoms with Crippen LogP contribution >= 0.6 is 11.8 Å². The lowest BCUT2D eigenvalue weighted by molar-refractivity contribution is -0.107. The maximum atomic E-state index is 12.3. The Labute approximate surface area is 150 Å². The molecule has 0 aliphatic carbocycles. The van der Waals surface area contributed by atoms with Crippen LogP contribution < -0.4 is 0 Å². The zero-order chi connectivity index (χ0) is 18.0. The number of aryl methyl sites for hydroxylation is 1. The van der Waals surface area contributed by atoms with Gasteiger partial charge in [0.15, 0.2) is 0 Å². The molecule has 2 aromatic rings. The van der Waals surface area contributed by atoms with E-state index < -0.39 is 0 Å². The molecule has 0 aromatic heterocycles. The minimum atomic E-state index is -0.226. The Morgan fingerprint density at radius 1 is 1.04 bits per heavy atom. The first-order valence-corrected chi connectivity index (χ1v) is 8.54. The number of carbonyl (C=O) groups excluding carboxylic acids is 1. The molecule has 4 nitrogen and oxygen atoms in total. The highest BCUT2D eigenvalue weighted by Crippen LogP contribution is 2.38. The number of hydrogen-bond donors (Lipinski definition) is 2. The number of phenolic OH excluding ortho intramolecular Hbond substituents is 1. The van der Waals surface area contributed by atoms with Crippen LogP contribution in [0.1, 0.15) is 18.1 Å². The van der Waals surface area contributed by atoms with Crippen LogP contribution in [0.5, 0.6) is 5.75 Å². The maximum absolute atomic E-state index is 12.3. The Morgan fingerprint density at radius 2 is 1.68 bits per heavy atom. The first-order chi connectivity index (χ1) is 11.9. The number of rotatable bonds is 3. The van der Waals surface area contributed by atoms with Gasteiger partial charge < -0.3 is 10.2 Å². The predicted molar refractivity (Wildman–Crippen MR) is 102 cm³/mol. The molecule has 0 amide bonds. The van der Waals surface area contributed by atoms with Crippen molar-refractivity contribution in [2.24, 2.45) is 4.99 Å². The van der Waals surface area contributed by atoms with Gasteiger partial charge in [-0.2, -0.15) is 0 Å². The van der Waals surface area contributed by atoms with E-state index in [2.05, 4.69) is 4.99 Å². The monoisotopic (exact) mass is 351 g/mol. The van der Waals surface area contributed by atoms with Crippen LogP contribution in [0.3, 0.4) is 0 Å². The van der Waals surface area contributed by atoms with Crippen molar-refractivity contribution in [1.29, 1.82) is 0 Å². The molecule has 0 radical (unpaired) electrons. The topological polar surface area (TPSA) is 69.9 Å². The molecule has 3 rings (SSSR count). The first kappa shape index (κ1) is 17.0. The van der Waals surface area contributed by atoms with E-state index in [0.29, 0.717) is 10.6 Å². The fourth-order valence-electron chi connectivity index (χ4n) is 2.43. The van der Waals surface area contributed by atoms with Crippen LogP contribution in [0.2, 0.25) is 0 Å². The van der Waals surface area contributed by atoms with Gasteiger partial charge in [0.2, 0.25) is 5.12 Å². The lowest BCUT2D eigenvalue weighted by Gasteiger charge is -2.02. The quantitative estimate of drug-likeness (QED) is 0.770. The minimum absolute atomic E-state index is 0.0589. The van der Waals surface area contributed by atoms with Crippen LogP contribution in [-0.4, -0.2) is 21.0 Å². The van der Waals surface area contributed by atoms with E-state index in [0.717, 1.165) is 28.6 Å². The summed E-state index contributed by atoms with van der Waals surface area (Å²) in [5, 5.41) is 19.6. The van der Waals surface area contributed by atoms with Gasteiger partial charge in [-0.25, -0.2) is 0 Å². The van der Waals surface area contributed by atoms with Gasteiger partial charge in [-0.15, -0.1) is 0 Å². The Bertz CT molecular complexity index is 907. The summed E-state index contributed by atoms with van der Waals surface area (Å²) in [6.07, 6.45) is 1.71. The summed E-state index contributed by atoms with van der Waals surface area (Å²) in [7, 11) is 0. The first-order valence-electron chi connectivity index (χ1n) is 7.73. The second-order valence-electron chi connectivity index (χ2n) is 5.75. The number of carbonyl (C=O) groups is 1. The molecule has 5 heteroatoms. The van der Waals surface area contributed by atoms with Gasteiger partial charge in [0.25, 0.3) is 0 Å². The normalized spacial score (nSPS) is 16.8. The molecular weight excluding hydrogens is 334 g/mol. The summed E-state index contributed by atoms with van der Waals surface area (Å²) in [5.74, 6) is 0.107. The third-order valence-corrected chi connectivity index (χ3v) is 4.68. The van der Waals surface area contributed by atoms with E-state index in [4.69, 9.17) is 0 Å². The molecule has 25 heavy (non-hydrogen) atoms. The molecule has 0 spiro atoms. The molecule has 1 aliphatic heterocycles. The molecule has 0 bridgehead atoms. The van der Waals surface area contributed by atoms with Crippen LogP contribution in [0, 0.1) is 6.92 Å². The second-order valence-corrected chi connectivity index (χ2v) is 6.76. The molecular formula is C20H17NO3S. The number of thioether (sulfide) groups is 1. The van der Waals surface area contributed by atoms with Crippen molar-refractivity contribution in [3.8, 4) is 5.75 Å². The van der Waals surface area contributed by atoms with Gasteiger partial charge in [-0.3, -0.25) is 9.79 Å². The average Bonchev–Trinajstić information content (AvgIpc) is 2.85. The van der Waals surface area contributed by atoms with Crippen molar-refractivity contribution < 1.29 is 15.0 Å².